The van der Waals surface area contributed by atoms with Crippen LogP contribution in [0, 0.1) is 6.92 Å². The quantitative estimate of drug-likeness (QED) is 0.804. The molecule has 1 aromatic heterocycles. The fraction of sp³-hybridized carbons (Fsp3) is 0.231. The number of carbonyl (C=O) groups excluding carboxylic acids is 1. The van der Waals surface area contributed by atoms with Crippen molar-refractivity contribution in [2.24, 2.45) is 0 Å². The molecule has 0 bridgehead atoms. The van der Waals surface area contributed by atoms with Gasteiger partial charge in [0.1, 0.15) is 0 Å². The van der Waals surface area contributed by atoms with Gasteiger partial charge in [-0.15, -0.1) is 11.3 Å². The highest BCUT2D eigenvalue weighted by atomic mass is 79.9. The van der Waals surface area contributed by atoms with Gasteiger partial charge in [0.25, 0.3) is 0 Å². The highest BCUT2D eigenvalue weighted by Gasteiger charge is 2.09. The van der Waals surface area contributed by atoms with Crippen molar-refractivity contribution in [2.45, 2.75) is 13.5 Å². The summed E-state index contributed by atoms with van der Waals surface area (Å²) in [5.74, 6) is 0. The molecule has 0 atom stereocenters. The summed E-state index contributed by atoms with van der Waals surface area (Å²) in [7, 11) is 1.96. The molecule has 2 aromatic rings. The summed E-state index contributed by atoms with van der Waals surface area (Å²) < 4.78 is 0.909. The van der Waals surface area contributed by atoms with Crippen molar-refractivity contribution in [1.29, 1.82) is 0 Å². The first-order valence-corrected chi connectivity index (χ1v) is 7.14. The molecule has 0 unspecified atom stereocenters. The summed E-state index contributed by atoms with van der Waals surface area (Å²) in [5.41, 5.74) is 2.62. The molecule has 0 spiro atoms. The SMILES string of the molecule is Cc1nc(CN(C)c2ccc(Br)cc2C=O)cs1. The number of nitrogens with zero attached hydrogens (tertiary/aromatic N) is 2. The number of hydrogen-bond acceptors (Lipinski definition) is 4. The lowest BCUT2D eigenvalue weighted by Gasteiger charge is -2.20. The molecular formula is C13H13BrN2OS. The van der Waals surface area contributed by atoms with E-state index in [9.17, 15) is 4.79 Å². The first kappa shape index (κ1) is 13.2. The van der Waals surface area contributed by atoms with Crippen molar-refractivity contribution in [3.63, 3.8) is 0 Å². The molecule has 18 heavy (non-hydrogen) atoms. The Balaban J connectivity index is 2.23. The van der Waals surface area contributed by atoms with Crippen LogP contribution in [-0.4, -0.2) is 18.3 Å². The molecule has 0 N–H and O–H groups in total. The van der Waals surface area contributed by atoms with Crippen LogP contribution >= 0.6 is 27.3 Å². The number of aldehydes is 1. The Kier molecular flexibility index (Phi) is 4.14. The topological polar surface area (TPSA) is 33.2 Å². The standard InChI is InChI=1S/C13H13BrN2OS/c1-9-15-12(8-18-9)6-16(2)13-4-3-11(14)5-10(13)7-17/h3-5,7-8H,6H2,1-2H3. The number of aryl methyl sites for hydroxylation is 1. The summed E-state index contributed by atoms with van der Waals surface area (Å²) in [4.78, 5) is 17.5. The Hall–Kier alpha value is -1.20. The molecule has 5 heteroatoms. The number of aromatic nitrogens is 1. The van der Waals surface area contributed by atoms with Gasteiger partial charge in [0.05, 0.1) is 17.2 Å². The lowest BCUT2D eigenvalue weighted by molar-refractivity contribution is 0.112. The van der Waals surface area contributed by atoms with E-state index in [-0.39, 0.29) is 0 Å². The van der Waals surface area contributed by atoms with Crippen molar-refractivity contribution in [1.82, 2.24) is 4.98 Å². The maximum Gasteiger partial charge on any atom is 0.152 e. The van der Waals surface area contributed by atoms with E-state index in [1.807, 2.05) is 42.5 Å². The Morgan fingerprint density at radius 2 is 2.28 bits per heavy atom. The van der Waals surface area contributed by atoms with Crippen molar-refractivity contribution in [2.75, 3.05) is 11.9 Å². The van der Waals surface area contributed by atoms with Crippen molar-refractivity contribution >= 4 is 39.2 Å². The summed E-state index contributed by atoms with van der Waals surface area (Å²) in [5, 5.41) is 3.11. The van der Waals surface area contributed by atoms with E-state index < -0.39 is 0 Å². The lowest BCUT2D eigenvalue weighted by atomic mass is 10.2. The second kappa shape index (κ2) is 5.63. The molecule has 0 aliphatic rings. The average molecular weight is 325 g/mol. The van der Waals surface area contributed by atoms with Crippen LogP contribution in [0.3, 0.4) is 0 Å². The van der Waals surface area contributed by atoms with Crippen LogP contribution in [-0.2, 0) is 6.54 Å². The molecule has 94 valence electrons. The molecule has 0 fully saturated rings. The van der Waals surface area contributed by atoms with E-state index >= 15 is 0 Å². The Bertz CT molecular complexity index is 568. The number of carbonyl (C=O) groups is 1. The van der Waals surface area contributed by atoms with Crippen LogP contribution in [0.2, 0.25) is 0 Å². The second-order valence-electron chi connectivity index (χ2n) is 4.03. The number of thiazole rings is 1. The number of halogens is 1. The zero-order valence-corrected chi connectivity index (χ0v) is 12.6. The van der Waals surface area contributed by atoms with Gasteiger partial charge >= 0.3 is 0 Å². The molecule has 1 heterocycles. The molecule has 0 aliphatic heterocycles. The summed E-state index contributed by atoms with van der Waals surface area (Å²) in [6, 6.07) is 5.70. The largest absolute Gasteiger partial charge is 0.368 e. The second-order valence-corrected chi connectivity index (χ2v) is 6.01. The zero-order chi connectivity index (χ0) is 13.1. The predicted molar refractivity (Wildman–Crippen MR) is 78.5 cm³/mol. The van der Waals surface area contributed by atoms with Gasteiger partial charge in [-0.25, -0.2) is 4.98 Å². The zero-order valence-electron chi connectivity index (χ0n) is 10.2. The maximum absolute atomic E-state index is 11.1. The number of anilines is 1. The first-order valence-electron chi connectivity index (χ1n) is 5.47. The van der Waals surface area contributed by atoms with Gasteiger partial charge in [-0.05, 0) is 25.1 Å². The molecule has 2 rings (SSSR count). The van der Waals surface area contributed by atoms with E-state index in [0.717, 1.165) is 27.1 Å². The van der Waals surface area contributed by atoms with Crippen molar-refractivity contribution in [3.05, 3.63) is 44.3 Å². The summed E-state index contributed by atoms with van der Waals surface area (Å²) in [6.45, 7) is 2.69. The normalized spacial score (nSPS) is 10.4. The minimum Gasteiger partial charge on any atom is -0.368 e. The number of hydrogen-bond donors (Lipinski definition) is 0. The Morgan fingerprint density at radius 1 is 1.50 bits per heavy atom. The first-order chi connectivity index (χ1) is 8.60. The molecule has 0 saturated heterocycles. The van der Waals surface area contributed by atoms with Gasteiger partial charge in [-0.3, -0.25) is 4.79 Å². The van der Waals surface area contributed by atoms with Crippen LogP contribution in [0.25, 0.3) is 0 Å². The van der Waals surface area contributed by atoms with Gasteiger partial charge < -0.3 is 4.90 Å². The monoisotopic (exact) mass is 324 g/mol. The lowest BCUT2D eigenvalue weighted by Crippen LogP contribution is -2.18. The van der Waals surface area contributed by atoms with Gasteiger partial charge in [-0.2, -0.15) is 0 Å². The summed E-state index contributed by atoms with van der Waals surface area (Å²) >= 11 is 5.01. The van der Waals surface area contributed by atoms with Gasteiger partial charge in [0.2, 0.25) is 0 Å². The van der Waals surface area contributed by atoms with Crippen LogP contribution in [0.15, 0.2) is 28.1 Å². The molecule has 0 amide bonds. The van der Waals surface area contributed by atoms with E-state index in [0.29, 0.717) is 12.1 Å². The van der Waals surface area contributed by atoms with Gasteiger partial charge in [-0.1, -0.05) is 15.9 Å². The molecule has 0 saturated carbocycles. The van der Waals surface area contributed by atoms with E-state index in [4.69, 9.17) is 0 Å². The molecule has 0 radical (unpaired) electrons. The van der Waals surface area contributed by atoms with Crippen LogP contribution in [0.5, 0.6) is 0 Å². The van der Waals surface area contributed by atoms with Gasteiger partial charge in [0.15, 0.2) is 6.29 Å². The highest BCUT2D eigenvalue weighted by molar-refractivity contribution is 9.10. The minimum absolute atomic E-state index is 0.679. The average Bonchev–Trinajstić information content (AvgIpc) is 2.74. The molecule has 3 nitrogen and oxygen atoms in total. The van der Waals surface area contributed by atoms with Gasteiger partial charge in [0, 0.05) is 28.2 Å². The molecule has 1 aromatic carbocycles. The van der Waals surface area contributed by atoms with E-state index in [1.165, 1.54) is 0 Å². The van der Waals surface area contributed by atoms with Crippen LogP contribution in [0.4, 0.5) is 5.69 Å². The number of rotatable bonds is 4. The number of benzene rings is 1. The van der Waals surface area contributed by atoms with Crippen LogP contribution in [0.1, 0.15) is 21.1 Å². The van der Waals surface area contributed by atoms with E-state index in [1.54, 1.807) is 11.3 Å². The highest BCUT2D eigenvalue weighted by Crippen LogP contribution is 2.24. The fourth-order valence-electron chi connectivity index (χ4n) is 1.78. The third-order valence-electron chi connectivity index (χ3n) is 2.59. The summed E-state index contributed by atoms with van der Waals surface area (Å²) in [6.07, 6.45) is 0.878. The third-order valence-corrected chi connectivity index (χ3v) is 3.91. The third kappa shape index (κ3) is 2.97. The predicted octanol–water partition coefficient (Wildman–Crippen LogP) is 3.66. The van der Waals surface area contributed by atoms with Crippen molar-refractivity contribution < 1.29 is 4.79 Å². The molecular weight excluding hydrogens is 312 g/mol. The maximum atomic E-state index is 11.1. The molecule has 0 aliphatic carbocycles. The van der Waals surface area contributed by atoms with Crippen LogP contribution < -0.4 is 4.90 Å². The van der Waals surface area contributed by atoms with E-state index in [2.05, 4.69) is 20.9 Å². The Morgan fingerprint density at radius 3 is 2.89 bits per heavy atom. The fourth-order valence-corrected chi connectivity index (χ4v) is 2.76. The Labute approximate surface area is 119 Å². The smallest absolute Gasteiger partial charge is 0.152 e. The van der Waals surface area contributed by atoms with Crippen molar-refractivity contribution in [3.8, 4) is 0 Å². The minimum atomic E-state index is 0.679.